The molecule has 1 aliphatic heterocycles. The zero-order valence-electron chi connectivity index (χ0n) is 8.82. The zero-order valence-corrected chi connectivity index (χ0v) is 8.82. The molecule has 86 valence electrons. The molecule has 2 rings (SSSR count). The van der Waals surface area contributed by atoms with Gasteiger partial charge < -0.3 is 10.6 Å². The molecule has 3 N–H and O–H groups in total. The van der Waals surface area contributed by atoms with Crippen LogP contribution in [-0.2, 0) is 4.79 Å². The third-order valence-electron chi connectivity index (χ3n) is 2.60. The average Bonchev–Trinajstić information content (AvgIpc) is 2.33. The van der Waals surface area contributed by atoms with Crippen LogP contribution in [0, 0.1) is 5.92 Å². The summed E-state index contributed by atoms with van der Waals surface area (Å²) in [6.45, 7) is 1.68. The summed E-state index contributed by atoms with van der Waals surface area (Å²) < 4.78 is 0. The second-order valence-electron chi connectivity index (χ2n) is 3.84. The number of H-pyrrole nitrogens is 1. The van der Waals surface area contributed by atoms with E-state index >= 15 is 0 Å². The lowest BCUT2D eigenvalue weighted by Gasteiger charge is -2.21. The van der Waals surface area contributed by atoms with Crippen molar-refractivity contribution in [3.8, 4) is 0 Å². The molecule has 1 saturated heterocycles. The Morgan fingerprint density at radius 3 is 3.00 bits per heavy atom. The van der Waals surface area contributed by atoms with Crippen molar-refractivity contribution in [3.05, 3.63) is 22.5 Å². The molecule has 16 heavy (non-hydrogen) atoms. The molecule has 0 bridgehead atoms. The first-order valence-corrected chi connectivity index (χ1v) is 5.33. The molecule has 0 saturated carbocycles. The fourth-order valence-corrected chi connectivity index (χ4v) is 1.72. The first-order valence-electron chi connectivity index (χ1n) is 5.33. The normalized spacial score (nSPS) is 20.4. The number of nitrogens with one attached hydrogen (secondary N) is 3. The Balaban J connectivity index is 1.95. The number of anilines is 1. The van der Waals surface area contributed by atoms with Crippen molar-refractivity contribution in [2.24, 2.45) is 5.92 Å². The number of carbonyl (C=O) groups is 1. The molecular weight excluding hydrogens is 208 g/mol. The fraction of sp³-hybridized carbons (Fsp3) is 0.500. The van der Waals surface area contributed by atoms with E-state index in [1.807, 2.05) is 0 Å². The van der Waals surface area contributed by atoms with Crippen LogP contribution in [0.3, 0.4) is 0 Å². The summed E-state index contributed by atoms with van der Waals surface area (Å²) in [6.07, 6.45) is 1.90. The van der Waals surface area contributed by atoms with Gasteiger partial charge in [-0.15, -0.1) is 0 Å². The Labute approximate surface area is 92.4 Å². The first kappa shape index (κ1) is 10.8. The molecule has 1 aromatic heterocycles. The Kier molecular flexibility index (Phi) is 3.31. The Hall–Kier alpha value is -1.69. The van der Waals surface area contributed by atoms with Crippen molar-refractivity contribution >= 4 is 11.7 Å². The fourth-order valence-electron chi connectivity index (χ4n) is 1.72. The summed E-state index contributed by atoms with van der Waals surface area (Å²) in [5.74, 6) is 0.324. The van der Waals surface area contributed by atoms with Crippen LogP contribution in [0.1, 0.15) is 12.8 Å². The number of amides is 1. The molecule has 0 radical (unpaired) electrons. The molecule has 2 heterocycles. The molecular formula is C10H14N4O2. The van der Waals surface area contributed by atoms with Gasteiger partial charge in [-0.25, -0.2) is 5.10 Å². The second kappa shape index (κ2) is 4.89. The first-order chi connectivity index (χ1) is 7.75. The van der Waals surface area contributed by atoms with Gasteiger partial charge in [-0.3, -0.25) is 9.59 Å². The van der Waals surface area contributed by atoms with E-state index in [1.165, 1.54) is 12.1 Å². The summed E-state index contributed by atoms with van der Waals surface area (Å²) in [5, 5.41) is 11.8. The van der Waals surface area contributed by atoms with Crippen molar-refractivity contribution in [2.45, 2.75) is 12.8 Å². The summed E-state index contributed by atoms with van der Waals surface area (Å²) >= 11 is 0. The van der Waals surface area contributed by atoms with Crippen molar-refractivity contribution in [3.63, 3.8) is 0 Å². The van der Waals surface area contributed by atoms with Crippen LogP contribution in [-0.4, -0.2) is 29.2 Å². The van der Waals surface area contributed by atoms with E-state index < -0.39 is 0 Å². The van der Waals surface area contributed by atoms with Gasteiger partial charge in [0, 0.05) is 12.6 Å². The largest absolute Gasteiger partial charge is 0.316 e. The SMILES string of the molecule is O=C(Nc1ccc(=O)[nH]n1)C1CCCNC1. The number of aromatic nitrogens is 2. The molecule has 1 aliphatic rings. The van der Waals surface area contributed by atoms with Crippen LogP contribution in [0.25, 0.3) is 0 Å². The highest BCUT2D eigenvalue weighted by Crippen LogP contribution is 2.11. The summed E-state index contributed by atoms with van der Waals surface area (Å²) in [4.78, 5) is 22.5. The van der Waals surface area contributed by atoms with E-state index in [9.17, 15) is 9.59 Å². The quantitative estimate of drug-likeness (QED) is 0.641. The van der Waals surface area contributed by atoms with Crippen LogP contribution >= 0.6 is 0 Å². The predicted octanol–water partition coefficient (Wildman–Crippen LogP) is -0.292. The number of carbonyl (C=O) groups excluding carboxylic acids is 1. The molecule has 0 spiro atoms. The highest BCUT2D eigenvalue weighted by atomic mass is 16.2. The number of nitrogens with zero attached hydrogens (tertiary/aromatic N) is 1. The van der Waals surface area contributed by atoms with Gasteiger partial charge in [0.2, 0.25) is 5.91 Å². The molecule has 1 atom stereocenters. The highest BCUT2D eigenvalue weighted by molar-refractivity contribution is 5.91. The minimum atomic E-state index is -0.280. The molecule has 1 aromatic rings. The maximum Gasteiger partial charge on any atom is 0.264 e. The Morgan fingerprint density at radius 2 is 2.38 bits per heavy atom. The Morgan fingerprint density at radius 1 is 1.50 bits per heavy atom. The standard InChI is InChI=1S/C10H14N4O2/c15-9-4-3-8(13-14-9)12-10(16)7-2-1-5-11-6-7/h3-4,7,11H,1-2,5-6H2,(H,14,15)(H,12,13,16). The molecule has 6 nitrogen and oxygen atoms in total. The maximum absolute atomic E-state index is 11.8. The highest BCUT2D eigenvalue weighted by Gasteiger charge is 2.20. The predicted molar refractivity (Wildman–Crippen MR) is 59.1 cm³/mol. The monoisotopic (exact) mass is 222 g/mol. The third kappa shape index (κ3) is 2.66. The maximum atomic E-state index is 11.8. The number of piperidine rings is 1. The van der Waals surface area contributed by atoms with Gasteiger partial charge >= 0.3 is 0 Å². The molecule has 6 heteroatoms. The van der Waals surface area contributed by atoms with E-state index in [4.69, 9.17) is 0 Å². The van der Waals surface area contributed by atoms with Gasteiger partial charge in [0.25, 0.3) is 5.56 Å². The van der Waals surface area contributed by atoms with Crippen molar-refractivity contribution in [1.82, 2.24) is 15.5 Å². The van der Waals surface area contributed by atoms with Crippen LogP contribution in [0.2, 0.25) is 0 Å². The van der Waals surface area contributed by atoms with Gasteiger partial charge in [-0.05, 0) is 25.5 Å². The lowest BCUT2D eigenvalue weighted by atomic mass is 9.99. The lowest BCUT2D eigenvalue weighted by molar-refractivity contribution is -0.120. The Bertz CT molecular complexity index is 403. The third-order valence-corrected chi connectivity index (χ3v) is 2.60. The van der Waals surface area contributed by atoms with Gasteiger partial charge in [0.1, 0.15) is 0 Å². The zero-order chi connectivity index (χ0) is 11.4. The molecule has 1 unspecified atom stereocenters. The number of rotatable bonds is 2. The van der Waals surface area contributed by atoms with E-state index in [1.54, 1.807) is 0 Å². The van der Waals surface area contributed by atoms with Crippen LogP contribution < -0.4 is 16.2 Å². The van der Waals surface area contributed by atoms with Crippen LogP contribution in [0.5, 0.6) is 0 Å². The van der Waals surface area contributed by atoms with E-state index in [-0.39, 0.29) is 17.4 Å². The molecule has 1 fully saturated rings. The summed E-state index contributed by atoms with van der Waals surface area (Å²) in [7, 11) is 0. The van der Waals surface area contributed by atoms with Gasteiger partial charge in [0.05, 0.1) is 5.92 Å². The van der Waals surface area contributed by atoms with Crippen molar-refractivity contribution < 1.29 is 4.79 Å². The van der Waals surface area contributed by atoms with Gasteiger partial charge in [-0.1, -0.05) is 0 Å². The molecule has 0 aromatic carbocycles. The van der Waals surface area contributed by atoms with E-state index in [0.717, 1.165) is 19.4 Å². The lowest BCUT2D eigenvalue weighted by Crippen LogP contribution is -2.37. The summed E-state index contributed by atoms with van der Waals surface area (Å²) in [6, 6.07) is 2.83. The topological polar surface area (TPSA) is 86.9 Å². The van der Waals surface area contributed by atoms with Crippen LogP contribution in [0.15, 0.2) is 16.9 Å². The second-order valence-corrected chi connectivity index (χ2v) is 3.84. The molecule has 1 amide bonds. The number of hydrogen-bond donors (Lipinski definition) is 3. The number of hydrogen-bond acceptors (Lipinski definition) is 4. The van der Waals surface area contributed by atoms with Crippen molar-refractivity contribution in [2.75, 3.05) is 18.4 Å². The molecule has 0 aliphatic carbocycles. The smallest absolute Gasteiger partial charge is 0.264 e. The average molecular weight is 222 g/mol. The number of aromatic amines is 1. The minimum Gasteiger partial charge on any atom is -0.316 e. The minimum absolute atomic E-state index is 0.0116. The van der Waals surface area contributed by atoms with Crippen molar-refractivity contribution in [1.29, 1.82) is 0 Å². The van der Waals surface area contributed by atoms with Gasteiger partial charge in [0.15, 0.2) is 5.82 Å². The van der Waals surface area contributed by atoms with Crippen LogP contribution in [0.4, 0.5) is 5.82 Å². The van der Waals surface area contributed by atoms with E-state index in [0.29, 0.717) is 12.4 Å². The van der Waals surface area contributed by atoms with Gasteiger partial charge in [-0.2, -0.15) is 5.10 Å². The van der Waals surface area contributed by atoms with E-state index in [2.05, 4.69) is 20.8 Å². The summed E-state index contributed by atoms with van der Waals surface area (Å²) in [5.41, 5.74) is -0.280.